The molecule has 308 valence electrons. The number of hydrogen-bond donors (Lipinski definition) is 7. The number of anilines is 1. The van der Waals surface area contributed by atoms with Crippen molar-refractivity contribution < 1.29 is 73.4 Å². The first-order valence-electron chi connectivity index (χ1n) is 18.1. The number of aliphatic hydroxyl groups is 6. The van der Waals surface area contributed by atoms with Crippen molar-refractivity contribution in [2.75, 3.05) is 65.1 Å². The van der Waals surface area contributed by atoms with Crippen molar-refractivity contribution in [2.24, 2.45) is 0 Å². The first-order chi connectivity index (χ1) is 26.4. The van der Waals surface area contributed by atoms with Crippen molar-refractivity contribution in [3.05, 3.63) is 35.5 Å². The highest BCUT2D eigenvalue weighted by atomic mass is 16.7. The summed E-state index contributed by atoms with van der Waals surface area (Å²) in [6.45, 7) is 5.20. The van der Waals surface area contributed by atoms with Gasteiger partial charge < -0.3 is 78.9 Å². The molecule has 0 radical (unpaired) electrons. The second-order valence-corrected chi connectivity index (χ2v) is 13.1. The van der Waals surface area contributed by atoms with Crippen LogP contribution in [0, 0.1) is 0 Å². The first kappa shape index (κ1) is 42.7. The van der Waals surface area contributed by atoms with Gasteiger partial charge in [-0.05, 0) is 31.5 Å². The topological polar surface area (TPSA) is 269 Å². The number of nitrogens with zero attached hydrogens (tertiary/aromatic N) is 5. The number of methoxy groups -OCH3 is 1. The Hall–Kier alpha value is -3.42. The van der Waals surface area contributed by atoms with Crippen LogP contribution in [-0.2, 0) is 55.9 Å². The van der Waals surface area contributed by atoms with Gasteiger partial charge in [0.25, 0.3) is 11.8 Å². The SMILES string of the molecule is CCN(CC)c1c(CO)nnn1-c1ccc(CNC(=O)C2O[C@@H](OC)[C@@H](O)[C@@H](O)[C@@H]2OCCO[C@@H]2OC(C(=O)N(C)CC3OCCO3)[C@@H](O)[C@H](O)[C@@H]2O)cc1. The molecule has 3 aliphatic heterocycles. The van der Waals surface area contributed by atoms with E-state index in [1.807, 2.05) is 18.7 Å². The van der Waals surface area contributed by atoms with Gasteiger partial charge in [0.1, 0.15) is 42.3 Å². The fraction of sp³-hybridized carbons (Fsp3) is 0.706. The van der Waals surface area contributed by atoms with Gasteiger partial charge in [-0.1, -0.05) is 17.3 Å². The van der Waals surface area contributed by atoms with E-state index < -0.39 is 79.5 Å². The van der Waals surface area contributed by atoms with E-state index in [4.69, 9.17) is 33.2 Å². The van der Waals surface area contributed by atoms with Gasteiger partial charge in [-0.25, -0.2) is 0 Å². The van der Waals surface area contributed by atoms with Gasteiger partial charge in [0, 0.05) is 33.8 Å². The molecule has 0 spiro atoms. The number of ether oxygens (including phenoxy) is 7. The molecule has 21 heteroatoms. The summed E-state index contributed by atoms with van der Waals surface area (Å²) in [5, 5.41) is 73.9. The van der Waals surface area contributed by atoms with E-state index in [2.05, 4.69) is 15.6 Å². The third-order valence-electron chi connectivity index (χ3n) is 9.59. The first-order valence-corrected chi connectivity index (χ1v) is 18.1. The molecule has 55 heavy (non-hydrogen) atoms. The van der Waals surface area contributed by atoms with Crippen LogP contribution in [0.4, 0.5) is 5.82 Å². The molecule has 21 nitrogen and oxygen atoms in total. The van der Waals surface area contributed by atoms with Crippen molar-refractivity contribution in [1.82, 2.24) is 25.2 Å². The smallest absolute Gasteiger partial charge is 0.254 e. The fourth-order valence-electron chi connectivity index (χ4n) is 6.48. The number of hydrogen-bond acceptors (Lipinski definition) is 18. The maximum Gasteiger partial charge on any atom is 0.254 e. The summed E-state index contributed by atoms with van der Waals surface area (Å²) in [6, 6.07) is 7.13. The molecule has 1 aromatic heterocycles. The highest BCUT2D eigenvalue weighted by Gasteiger charge is 2.50. The van der Waals surface area contributed by atoms with Crippen molar-refractivity contribution in [3.8, 4) is 5.69 Å². The highest BCUT2D eigenvalue weighted by Crippen LogP contribution is 2.27. The minimum absolute atomic E-state index is 0.0286. The van der Waals surface area contributed by atoms with E-state index in [0.717, 1.165) is 0 Å². The van der Waals surface area contributed by atoms with Gasteiger partial charge in [0.2, 0.25) is 0 Å². The van der Waals surface area contributed by atoms with Gasteiger partial charge in [0.05, 0.1) is 45.3 Å². The molecule has 0 bridgehead atoms. The average Bonchev–Trinajstić information content (AvgIpc) is 3.87. The van der Waals surface area contributed by atoms with E-state index in [0.29, 0.717) is 49.1 Å². The summed E-state index contributed by atoms with van der Waals surface area (Å²) >= 11 is 0. The van der Waals surface area contributed by atoms with Gasteiger partial charge >= 0.3 is 0 Å². The monoisotopic (exact) mass is 784 g/mol. The molecule has 2 unspecified atom stereocenters. The lowest BCUT2D eigenvalue weighted by atomic mass is 9.97. The molecule has 1 aromatic carbocycles. The predicted molar refractivity (Wildman–Crippen MR) is 186 cm³/mol. The highest BCUT2D eigenvalue weighted by molar-refractivity contribution is 5.82. The molecule has 5 rings (SSSR count). The molecular formula is C34H52N6O15. The number of amides is 2. The van der Waals surface area contributed by atoms with E-state index in [-0.39, 0.29) is 32.9 Å². The van der Waals surface area contributed by atoms with Crippen molar-refractivity contribution in [1.29, 1.82) is 0 Å². The summed E-state index contributed by atoms with van der Waals surface area (Å²) in [5.74, 6) is -0.721. The van der Waals surface area contributed by atoms with Crippen LogP contribution in [-0.4, -0.2) is 190 Å². The standard InChI is InChI=1S/C34H52N6O15/c1-5-39(6-2)31-20(17-41)36-37-40(31)19-9-7-18(8-10-19)15-35-30(47)29-27(24(44)26(46)33(49-4)55-29)52-13-14-53-34-25(45)22(42)23(43)28(54-34)32(48)38(3)16-21-50-11-12-51-21/h7-10,21-29,33-34,41-46H,5-6,11-17H2,1-4H3,(H,35,47)/t22-,23-,24+,25-,26-,27-,28?,29?,33+,34+/m0/s1. The number of aromatic nitrogens is 3. The average molecular weight is 785 g/mol. The second kappa shape index (κ2) is 19.6. The zero-order valence-corrected chi connectivity index (χ0v) is 31.1. The Bertz CT molecular complexity index is 1530. The van der Waals surface area contributed by atoms with E-state index in [1.54, 1.807) is 28.9 Å². The molecule has 0 saturated carbocycles. The maximum atomic E-state index is 13.5. The summed E-state index contributed by atoms with van der Waals surface area (Å²) in [6.07, 6.45) is -16.6. The molecule has 7 N–H and O–H groups in total. The number of rotatable bonds is 17. The van der Waals surface area contributed by atoms with Gasteiger partial charge in [-0.2, -0.15) is 4.68 Å². The van der Waals surface area contributed by atoms with Gasteiger partial charge in [-0.3, -0.25) is 9.59 Å². The van der Waals surface area contributed by atoms with Crippen molar-refractivity contribution >= 4 is 17.6 Å². The minimum atomic E-state index is -1.80. The molecule has 10 atom stereocenters. The molecular weight excluding hydrogens is 732 g/mol. The van der Waals surface area contributed by atoms with Crippen LogP contribution < -0.4 is 10.2 Å². The fourth-order valence-corrected chi connectivity index (χ4v) is 6.48. The number of benzene rings is 1. The molecule has 3 aliphatic rings. The van der Waals surface area contributed by atoms with Gasteiger partial charge in [0.15, 0.2) is 36.9 Å². The number of carbonyl (C=O) groups is 2. The zero-order valence-electron chi connectivity index (χ0n) is 31.1. The lowest BCUT2D eigenvalue weighted by Crippen LogP contribution is -2.63. The number of carbonyl (C=O) groups excluding carboxylic acids is 2. The minimum Gasteiger partial charge on any atom is -0.390 e. The van der Waals surface area contributed by atoms with Crippen molar-refractivity contribution in [2.45, 2.75) is 94.7 Å². The quantitative estimate of drug-likeness (QED) is 0.0763. The Kier molecular flexibility index (Phi) is 15.2. The maximum absolute atomic E-state index is 13.5. The second-order valence-electron chi connectivity index (χ2n) is 13.1. The van der Waals surface area contributed by atoms with E-state index in [1.165, 1.54) is 19.1 Å². The summed E-state index contributed by atoms with van der Waals surface area (Å²) in [5.41, 5.74) is 1.84. The predicted octanol–water partition coefficient (Wildman–Crippen LogP) is -3.64. The molecule has 2 aromatic rings. The van der Waals surface area contributed by atoms with Crippen LogP contribution in [0.5, 0.6) is 0 Å². The largest absolute Gasteiger partial charge is 0.390 e. The summed E-state index contributed by atoms with van der Waals surface area (Å²) < 4.78 is 40.0. The summed E-state index contributed by atoms with van der Waals surface area (Å²) in [4.78, 5) is 29.7. The lowest BCUT2D eigenvalue weighted by Gasteiger charge is -2.41. The Balaban J connectivity index is 1.18. The van der Waals surface area contributed by atoms with Crippen LogP contribution >= 0.6 is 0 Å². The van der Waals surface area contributed by atoms with Crippen LogP contribution in [0.15, 0.2) is 24.3 Å². The third-order valence-corrected chi connectivity index (χ3v) is 9.59. The molecule has 3 fully saturated rings. The molecule has 2 amide bonds. The number of aliphatic hydroxyl groups excluding tert-OH is 6. The van der Waals surface area contributed by atoms with Crippen LogP contribution in [0.2, 0.25) is 0 Å². The number of nitrogens with one attached hydrogen (secondary N) is 1. The Morgan fingerprint density at radius 1 is 0.891 bits per heavy atom. The van der Waals surface area contributed by atoms with Crippen LogP contribution in [0.25, 0.3) is 5.69 Å². The Morgan fingerprint density at radius 2 is 1.53 bits per heavy atom. The lowest BCUT2D eigenvalue weighted by molar-refractivity contribution is -0.303. The molecule has 4 heterocycles. The van der Waals surface area contributed by atoms with Crippen LogP contribution in [0.3, 0.4) is 0 Å². The van der Waals surface area contributed by atoms with Gasteiger partial charge in [-0.15, -0.1) is 5.10 Å². The zero-order chi connectivity index (χ0) is 39.8. The summed E-state index contributed by atoms with van der Waals surface area (Å²) in [7, 11) is 2.67. The Morgan fingerprint density at radius 3 is 2.16 bits per heavy atom. The molecule has 0 aliphatic carbocycles. The molecule has 3 saturated heterocycles. The van der Waals surface area contributed by atoms with E-state index >= 15 is 0 Å². The Labute approximate surface area is 317 Å². The van der Waals surface area contributed by atoms with Crippen molar-refractivity contribution in [3.63, 3.8) is 0 Å². The normalized spacial score (nSPS) is 30.0. The van der Waals surface area contributed by atoms with Crippen LogP contribution in [0.1, 0.15) is 25.1 Å². The third kappa shape index (κ3) is 9.76. The number of likely N-dealkylation sites (N-methyl/N-ethyl adjacent to an activating group) is 1. The van der Waals surface area contributed by atoms with E-state index in [9.17, 15) is 40.2 Å².